The van der Waals surface area contributed by atoms with E-state index in [4.69, 9.17) is 22.7 Å². The van der Waals surface area contributed by atoms with Crippen molar-refractivity contribution >= 4 is 23.3 Å². The van der Waals surface area contributed by atoms with Crippen molar-refractivity contribution in [3.63, 3.8) is 0 Å². The highest BCUT2D eigenvalue weighted by Gasteiger charge is 2.08. The number of halogens is 1. The lowest BCUT2D eigenvalue weighted by Crippen LogP contribution is -2.16. The van der Waals surface area contributed by atoms with E-state index in [1.54, 1.807) is 24.4 Å². The molecule has 2 rings (SSSR count). The quantitative estimate of drug-likeness (QED) is 0.578. The highest BCUT2D eigenvalue weighted by molar-refractivity contribution is 6.31. The Labute approximate surface area is 114 Å². The van der Waals surface area contributed by atoms with Crippen molar-refractivity contribution < 1.29 is 5.11 Å². The summed E-state index contributed by atoms with van der Waals surface area (Å²) in [6.07, 6.45) is 1.56. The molecule has 0 amide bonds. The van der Waals surface area contributed by atoms with Gasteiger partial charge in [0.1, 0.15) is 17.3 Å². The van der Waals surface area contributed by atoms with Crippen LogP contribution < -0.4 is 5.73 Å². The van der Waals surface area contributed by atoms with Gasteiger partial charge in [-0.1, -0.05) is 17.7 Å². The molecule has 0 aliphatic carbocycles. The maximum atomic E-state index is 9.68. The zero-order valence-corrected chi connectivity index (χ0v) is 10.6. The van der Waals surface area contributed by atoms with Gasteiger partial charge in [0, 0.05) is 11.2 Å². The van der Waals surface area contributed by atoms with Crippen LogP contribution in [0.1, 0.15) is 11.3 Å². The van der Waals surface area contributed by atoms with Crippen LogP contribution in [0.2, 0.25) is 5.02 Å². The summed E-state index contributed by atoms with van der Waals surface area (Å²) in [4.78, 5) is 7.91. The Morgan fingerprint density at radius 3 is 2.79 bits per heavy atom. The van der Waals surface area contributed by atoms with Crippen molar-refractivity contribution in [1.29, 1.82) is 5.41 Å². The van der Waals surface area contributed by atoms with Gasteiger partial charge in [-0.25, -0.2) is 4.99 Å². The molecule has 2 aromatic rings. The molecule has 0 radical (unpaired) electrons. The van der Waals surface area contributed by atoms with Gasteiger partial charge in [0.15, 0.2) is 5.84 Å². The highest BCUT2D eigenvalue weighted by Crippen LogP contribution is 2.21. The number of aromatic nitrogens is 1. The molecule has 0 fully saturated rings. The Morgan fingerprint density at radius 2 is 2.11 bits per heavy atom. The first-order valence-electron chi connectivity index (χ1n) is 5.41. The minimum Gasteiger partial charge on any atom is -0.507 e. The fourth-order valence-electron chi connectivity index (χ4n) is 1.45. The van der Waals surface area contributed by atoms with Crippen molar-refractivity contribution in [3.05, 3.63) is 58.9 Å². The van der Waals surface area contributed by atoms with E-state index >= 15 is 0 Å². The highest BCUT2D eigenvalue weighted by atomic mass is 35.5. The average Bonchev–Trinajstić information content (AvgIpc) is 2.42. The SMILES string of the molecule is N=C(N=C(N)c1cc(Cl)ccc1O)c1ccccn1. The Kier molecular flexibility index (Phi) is 3.77. The van der Waals surface area contributed by atoms with E-state index in [9.17, 15) is 5.11 Å². The van der Waals surface area contributed by atoms with Crippen molar-refractivity contribution in [2.45, 2.75) is 0 Å². The first kappa shape index (κ1) is 13.0. The van der Waals surface area contributed by atoms with Crippen LogP contribution in [0.3, 0.4) is 0 Å². The minimum absolute atomic E-state index is 0.00986. The lowest BCUT2D eigenvalue weighted by atomic mass is 10.2. The van der Waals surface area contributed by atoms with Crippen LogP contribution in [-0.2, 0) is 0 Å². The van der Waals surface area contributed by atoms with E-state index in [1.807, 2.05) is 0 Å². The van der Waals surface area contributed by atoms with Gasteiger partial charge in [-0.3, -0.25) is 10.4 Å². The standard InChI is InChI=1S/C13H11ClN4O/c14-8-4-5-11(19)9(7-8)12(15)18-13(16)10-3-1-2-6-17-10/h1-7,19H,(H3,15,16,18). The molecule has 1 aromatic carbocycles. The summed E-state index contributed by atoms with van der Waals surface area (Å²) in [6, 6.07) is 9.59. The van der Waals surface area contributed by atoms with Crippen molar-refractivity contribution in [2.75, 3.05) is 0 Å². The van der Waals surface area contributed by atoms with E-state index in [0.29, 0.717) is 10.7 Å². The number of pyridine rings is 1. The maximum absolute atomic E-state index is 9.68. The van der Waals surface area contributed by atoms with Gasteiger partial charge in [0.05, 0.1) is 5.56 Å². The van der Waals surface area contributed by atoms with Crippen LogP contribution in [0.15, 0.2) is 47.6 Å². The number of nitrogens with two attached hydrogens (primary N) is 1. The maximum Gasteiger partial charge on any atom is 0.172 e. The summed E-state index contributed by atoms with van der Waals surface area (Å²) >= 11 is 5.83. The molecular weight excluding hydrogens is 264 g/mol. The summed E-state index contributed by atoms with van der Waals surface area (Å²) in [6.45, 7) is 0. The number of hydrogen-bond acceptors (Lipinski definition) is 3. The topological polar surface area (TPSA) is 95.4 Å². The van der Waals surface area contributed by atoms with Crippen LogP contribution in [0, 0.1) is 5.41 Å². The monoisotopic (exact) mass is 274 g/mol. The lowest BCUT2D eigenvalue weighted by molar-refractivity contribution is 0.474. The average molecular weight is 275 g/mol. The van der Waals surface area contributed by atoms with Crippen LogP contribution >= 0.6 is 11.6 Å². The largest absolute Gasteiger partial charge is 0.507 e. The van der Waals surface area contributed by atoms with E-state index < -0.39 is 0 Å². The molecule has 0 unspecified atom stereocenters. The van der Waals surface area contributed by atoms with Gasteiger partial charge in [0.25, 0.3) is 0 Å². The summed E-state index contributed by atoms with van der Waals surface area (Å²) in [5, 5.41) is 17.9. The second kappa shape index (κ2) is 5.49. The van der Waals surface area contributed by atoms with Gasteiger partial charge < -0.3 is 10.8 Å². The molecular formula is C13H11ClN4O. The Hall–Kier alpha value is -2.40. The van der Waals surface area contributed by atoms with Crippen molar-refractivity contribution in [1.82, 2.24) is 4.98 Å². The van der Waals surface area contributed by atoms with E-state index in [-0.39, 0.29) is 23.0 Å². The predicted octanol–water partition coefficient (Wildman–Crippen LogP) is 2.17. The molecule has 1 heterocycles. The first-order chi connectivity index (χ1) is 9.08. The smallest absolute Gasteiger partial charge is 0.172 e. The molecule has 0 aliphatic heterocycles. The van der Waals surface area contributed by atoms with Gasteiger partial charge in [-0.05, 0) is 30.3 Å². The van der Waals surface area contributed by atoms with Gasteiger partial charge in [-0.2, -0.15) is 0 Å². The number of phenols is 1. The molecule has 5 nitrogen and oxygen atoms in total. The Balaban J connectivity index is 2.33. The Bertz CT molecular complexity index is 640. The molecule has 6 heteroatoms. The number of nitrogens with one attached hydrogen (secondary N) is 1. The normalized spacial score (nSPS) is 11.3. The zero-order chi connectivity index (χ0) is 13.8. The van der Waals surface area contributed by atoms with Crippen LogP contribution in [0.5, 0.6) is 5.75 Å². The number of rotatable bonds is 2. The fourth-order valence-corrected chi connectivity index (χ4v) is 1.63. The number of amidine groups is 2. The van der Waals surface area contributed by atoms with Gasteiger partial charge in [0.2, 0.25) is 0 Å². The third kappa shape index (κ3) is 3.08. The third-order valence-corrected chi connectivity index (χ3v) is 2.61. The van der Waals surface area contributed by atoms with Crippen LogP contribution in [0.4, 0.5) is 0 Å². The fraction of sp³-hybridized carbons (Fsp3) is 0. The van der Waals surface area contributed by atoms with E-state index in [2.05, 4.69) is 9.98 Å². The molecule has 0 spiro atoms. The second-order valence-electron chi connectivity index (χ2n) is 3.72. The number of phenolic OH excluding ortho intramolecular Hbond substituents is 1. The number of aliphatic imine (C=N–C) groups is 1. The van der Waals surface area contributed by atoms with E-state index in [1.165, 1.54) is 18.2 Å². The predicted molar refractivity (Wildman–Crippen MR) is 74.9 cm³/mol. The van der Waals surface area contributed by atoms with Gasteiger partial charge >= 0.3 is 0 Å². The van der Waals surface area contributed by atoms with E-state index in [0.717, 1.165) is 0 Å². The van der Waals surface area contributed by atoms with Crippen LogP contribution in [0.25, 0.3) is 0 Å². The summed E-state index contributed by atoms with van der Waals surface area (Å²) in [7, 11) is 0. The van der Waals surface area contributed by atoms with Crippen LogP contribution in [-0.4, -0.2) is 21.8 Å². The summed E-state index contributed by atoms with van der Waals surface area (Å²) in [5.74, 6) is -0.118. The minimum atomic E-state index is -0.0857. The van der Waals surface area contributed by atoms with Gasteiger partial charge in [-0.15, -0.1) is 0 Å². The number of benzene rings is 1. The molecule has 0 atom stereocenters. The molecule has 0 aliphatic rings. The summed E-state index contributed by atoms with van der Waals surface area (Å²) in [5.41, 5.74) is 6.45. The van der Waals surface area contributed by atoms with Crippen molar-refractivity contribution in [3.8, 4) is 5.75 Å². The molecule has 4 N–H and O–H groups in total. The Morgan fingerprint density at radius 1 is 1.32 bits per heavy atom. The first-order valence-corrected chi connectivity index (χ1v) is 5.78. The number of aromatic hydroxyl groups is 1. The molecule has 0 saturated carbocycles. The molecule has 19 heavy (non-hydrogen) atoms. The summed E-state index contributed by atoms with van der Waals surface area (Å²) < 4.78 is 0. The van der Waals surface area contributed by atoms with Crippen molar-refractivity contribution in [2.24, 2.45) is 10.7 Å². The number of nitrogens with zero attached hydrogens (tertiary/aromatic N) is 2. The molecule has 1 aromatic heterocycles. The number of hydrogen-bond donors (Lipinski definition) is 3. The second-order valence-corrected chi connectivity index (χ2v) is 4.16. The lowest BCUT2D eigenvalue weighted by Gasteiger charge is -2.05. The molecule has 0 saturated heterocycles. The third-order valence-electron chi connectivity index (χ3n) is 2.37. The molecule has 0 bridgehead atoms. The molecule has 96 valence electrons. The zero-order valence-electron chi connectivity index (χ0n) is 9.84.